The first kappa shape index (κ1) is 19.7. The molecule has 29 heavy (non-hydrogen) atoms. The van der Waals surface area contributed by atoms with Crippen molar-refractivity contribution in [3.8, 4) is 0 Å². The zero-order valence-corrected chi connectivity index (χ0v) is 17.8. The van der Waals surface area contributed by atoms with Crippen LogP contribution in [0.25, 0.3) is 5.65 Å². The van der Waals surface area contributed by atoms with E-state index in [9.17, 15) is 14.4 Å². The second kappa shape index (κ2) is 6.71. The molecule has 1 fully saturated rings. The summed E-state index contributed by atoms with van der Waals surface area (Å²) in [6.45, 7) is 10.3. The number of amides is 2. The lowest BCUT2D eigenvalue weighted by Crippen LogP contribution is -2.35. The topological polar surface area (TPSA) is 88.7 Å². The van der Waals surface area contributed by atoms with Gasteiger partial charge in [-0.25, -0.2) is 0 Å². The Bertz CT molecular complexity index is 1050. The van der Waals surface area contributed by atoms with Gasteiger partial charge in [0.15, 0.2) is 0 Å². The van der Waals surface area contributed by atoms with Gasteiger partial charge in [-0.2, -0.15) is 9.61 Å². The van der Waals surface area contributed by atoms with Gasteiger partial charge in [0.1, 0.15) is 17.9 Å². The average Bonchev–Trinajstić information content (AvgIpc) is 3.21. The van der Waals surface area contributed by atoms with Crippen LogP contribution >= 0.6 is 0 Å². The van der Waals surface area contributed by atoms with E-state index in [1.54, 1.807) is 9.47 Å². The van der Waals surface area contributed by atoms with Crippen molar-refractivity contribution in [2.45, 2.75) is 84.5 Å². The quantitative estimate of drug-likeness (QED) is 0.831. The third kappa shape index (κ3) is 3.34. The fraction of sp³-hybridized carbons (Fsp3) is 0.619. The minimum Gasteiger partial charge on any atom is -0.352 e. The van der Waals surface area contributed by atoms with Crippen molar-refractivity contribution >= 4 is 17.5 Å². The summed E-state index contributed by atoms with van der Waals surface area (Å²) < 4.78 is 3.04. The third-order valence-electron chi connectivity index (χ3n) is 5.90. The first-order chi connectivity index (χ1) is 13.6. The Morgan fingerprint density at radius 3 is 2.59 bits per heavy atom. The van der Waals surface area contributed by atoms with Crippen molar-refractivity contribution in [3.05, 3.63) is 33.4 Å². The number of hydrogen-bond donors (Lipinski definition) is 1. The van der Waals surface area contributed by atoms with Gasteiger partial charge in [0.2, 0.25) is 5.91 Å². The van der Waals surface area contributed by atoms with Gasteiger partial charge in [-0.1, -0.05) is 27.7 Å². The molecule has 0 unspecified atom stereocenters. The minimum absolute atomic E-state index is 0.00201. The maximum atomic E-state index is 13.2. The van der Waals surface area contributed by atoms with Gasteiger partial charge in [-0.05, 0) is 26.2 Å². The zero-order chi connectivity index (χ0) is 21.1. The van der Waals surface area contributed by atoms with Crippen molar-refractivity contribution in [2.24, 2.45) is 0 Å². The monoisotopic (exact) mass is 399 g/mol. The highest BCUT2D eigenvalue weighted by molar-refractivity contribution is 5.98. The van der Waals surface area contributed by atoms with Gasteiger partial charge >= 0.3 is 0 Å². The predicted octanol–water partition coefficient (Wildman–Crippen LogP) is 1.83. The van der Waals surface area contributed by atoms with Gasteiger partial charge in [-0.15, -0.1) is 0 Å². The molecule has 1 atom stereocenters. The lowest BCUT2D eigenvalue weighted by Gasteiger charge is -2.22. The molecule has 0 saturated heterocycles. The highest BCUT2D eigenvalue weighted by Gasteiger charge is 2.37. The number of nitrogens with zero attached hydrogens (tertiary/aromatic N) is 4. The molecule has 0 bridgehead atoms. The molecule has 1 aliphatic carbocycles. The van der Waals surface area contributed by atoms with Crippen molar-refractivity contribution in [1.29, 1.82) is 0 Å². The molecule has 0 aromatic carbocycles. The van der Waals surface area contributed by atoms with Crippen molar-refractivity contribution < 1.29 is 9.59 Å². The SMILES string of the molecule is CC[C@H](C)N1Cc2c(n(CC(=O)NC3CC3)c3cc(C(C)(C)C)nn3c2=O)C1=O. The Hall–Kier alpha value is -2.64. The molecule has 8 nitrogen and oxygen atoms in total. The number of carbonyl (C=O) groups excluding carboxylic acids is 2. The van der Waals surface area contributed by atoms with Crippen LogP contribution in [0.1, 0.15) is 75.6 Å². The summed E-state index contributed by atoms with van der Waals surface area (Å²) in [5.41, 5.74) is 1.46. The van der Waals surface area contributed by atoms with E-state index in [0.717, 1.165) is 25.0 Å². The van der Waals surface area contributed by atoms with Crippen LogP contribution in [0.3, 0.4) is 0 Å². The van der Waals surface area contributed by atoms with E-state index in [0.29, 0.717) is 16.9 Å². The van der Waals surface area contributed by atoms with Crippen molar-refractivity contribution in [1.82, 2.24) is 24.4 Å². The minimum atomic E-state index is -0.275. The van der Waals surface area contributed by atoms with Crippen LogP contribution in [-0.4, -0.2) is 43.0 Å². The Morgan fingerprint density at radius 2 is 2.00 bits per heavy atom. The number of nitrogens with one attached hydrogen (secondary N) is 1. The van der Waals surface area contributed by atoms with E-state index in [-0.39, 0.29) is 48.0 Å². The maximum absolute atomic E-state index is 13.2. The Kier molecular flexibility index (Phi) is 4.55. The second-order valence-electron chi connectivity index (χ2n) is 9.30. The Labute approximate surface area is 169 Å². The molecule has 4 rings (SSSR count). The molecular formula is C21H29N5O3. The van der Waals surface area contributed by atoms with Crippen LogP contribution < -0.4 is 10.9 Å². The van der Waals surface area contributed by atoms with Crippen LogP contribution in [0.15, 0.2) is 10.9 Å². The van der Waals surface area contributed by atoms with Crippen LogP contribution in [0.4, 0.5) is 0 Å². The van der Waals surface area contributed by atoms with Gasteiger partial charge in [-0.3, -0.25) is 14.4 Å². The molecule has 156 valence electrons. The molecule has 2 aromatic rings. The fourth-order valence-corrected chi connectivity index (χ4v) is 3.73. The number of hydrogen-bond acceptors (Lipinski definition) is 4. The molecule has 2 aliphatic rings. The van der Waals surface area contributed by atoms with Crippen LogP contribution in [0.2, 0.25) is 0 Å². The van der Waals surface area contributed by atoms with Crippen LogP contribution in [0, 0.1) is 0 Å². The molecule has 1 saturated carbocycles. The average molecular weight is 399 g/mol. The molecule has 8 heteroatoms. The van der Waals surface area contributed by atoms with E-state index >= 15 is 0 Å². The van der Waals surface area contributed by atoms with Gasteiger partial charge in [0.25, 0.3) is 11.5 Å². The Balaban J connectivity index is 1.89. The van der Waals surface area contributed by atoms with E-state index in [1.165, 1.54) is 4.52 Å². The third-order valence-corrected chi connectivity index (χ3v) is 5.90. The van der Waals surface area contributed by atoms with E-state index in [1.807, 2.05) is 40.7 Å². The van der Waals surface area contributed by atoms with Crippen molar-refractivity contribution in [3.63, 3.8) is 0 Å². The first-order valence-electron chi connectivity index (χ1n) is 10.4. The predicted molar refractivity (Wildman–Crippen MR) is 109 cm³/mol. The molecule has 2 aromatic heterocycles. The van der Waals surface area contributed by atoms with Gasteiger partial charge in [0, 0.05) is 23.6 Å². The summed E-state index contributed by atoms with van der Waals surface area (Å²) in [5.74, 6) is -0.333. The lowest BCUT2D eigenvalue weighted by atomic mass is 9.93. The second-order valence-corrected chi connectivity index (χ2v) is 9.30. The maximum Gasteiger partial charge on any atom is 0.280 e. The number of aromatic nitrogens is 3. The van der Waals surface area contributed by atoms with E-state index in [4.69, 9.17) is 0 Å². The molecule has 1 N–H and O–H groups in total. The molecule has 2 amide bonds. The highest BCUT2D eigenvalue weighted by Crippen LogP contribution is 2.27. The highest BCUT2D eigenvalue weighted by atomic mass is 16.2. The number of rotatable bonds is 5. The molecule has 0 radical (unpaired) electrons. The summed E-state index contributed by atoms with van der Waals surface area (Å²) in [5, 5.41) is 7.52. The number of carbonyl (C=O) groups is 2. The van der Waals surface area contributed by atoms with Crippen molar-refractivity contribution in [2.75, 3.05) is 0 Å². The zero-order valence-electron chi connectivity index (χ0n) is 17.8. The molecule has 1 aliphatic heterocycles. The Morgan fingerprint density at radius 1 is 1.31 bits per heavy atom. The van der Waals surface area contributed by atoms with Gasteiger partial charge in [0.05, 0.1) is 17.8 Å². The van der Waals surface area contributed by atoms with Gasteiger partial charge < -0.3 is 14.8 Å². The summed E-state index contributed by atoms with van der Waals surface area (Å²) in [4.78, 5) is 40.8. The largest absolute Gasteiger partial charge is 0.352 e. The number of fused-ring (bicyclic) bond motifs is 2. The smallest absolute Gasteiger partial charge is 0.280 e. The van der Waals surface area contributed by atoms with Crippen LogP contribution in [0.5, 0.6) is 0 Å². The van der Waals surface area contributed by atoms with Crippen LogP contribution in [-0.2, 0) is 23.3 Å². The fourth-order valence-electron chi connectivity index (χ4n) is 3.73. The van der Waals surface area contributed by atoms with E-state index in [2.05, 4.69) is 10.4 Å². The summed E-state index contributed by atoms with van der Waals surface area (Å²) >= 11 is 0. The summed E-state index contributed by atoms with van der Waals surface area (Å²) in [6, 6.07) is 2.07. The molecule has 3 heterocycles. The standard InChI is InChI=1S/C21H29N5O3/c1-6-12(2)24-10-14-18(20(24)29)25(11-16(27)22-13-7-8-13)17-9-15(21(3,4)5)23-26(17)19(14)28/h9,12-13H,6-8,10-11H2,1-5H3,(H,22,27)/t12-/m0/s1. The molecular weight excluding hydrogens is 370 g/mol. The molecule has 0 spiro atoms. The lowest BCUT2D eigenvalue weighted by molar-refractivity contribution is -0.121. The summed E-state index contributed by atoms with van der Waals surface area (Å²) in [7, 11) is 0. The normalized spacial score (nSPS) is 17.7. The van der Waals surface area contributed by atoms with E-state index < -0.39 is 0 Å². The first-order valence-corrected chi connectivity index (χ1v) is 10.4. The summed E-state index contributed by atoms with van der Waals surface area (Å²) in [6.07, 6.45) is 2.78.